The van der Waals surface area contributed by atoms with Gasteiger partial charge in [0.05, 0.1) is 27.5 Å². The fourth-order valence-corrected chi connectivity index (χ4v) is 4.88. The van der Waals surface area contributed by atoms with Gasteiger partial charge in [-0.15, -0.1) is 0 Å². The van der Waals surface area contributed by atoms with Crippen LogP contribution in [0.25, 0.3) is 16.7 Å². The largest absolute Gasteiger partial charge is 0.456 e. The van der Waals surface area contributed by atoms with Crippen molar-refractivity contribution in [1.29, 1.82) is 0 Å². The van der Waals surface area contributed by atoms with E-state index < -0.39 is 29.9 Å². The third-order valence-electron chi connectivity index (χ3n) is 6.64. The number of ether oxygens (including phenoxy) is 1. The number of nitrogens with zero attached hydrogens (tertiary/aromatic N) is 3. The zero-order valence-corrected chi connectivity index (χ0v) is 21.8. The summed E-state index contributed by atoms with van der Waals surface area (Å²) in [4.78, 5) is 19.9. The third kappa shape index (κ3) is 5.55. The Kier molecular flexibility index (Phi) is 6.78. The molecule has 0 aliphatic heterocycles. The summed E-state index contributed by atoms with van der Waals surface area (Å²) in [5.41, 5.74) is 0.580. The Labute approximate surface area is 235 Å². The molecule has 5 aromatic rings. The normalized spacial score (nSPS) is 14.2. The lowest BCUT2D eigenvalue weighted by Gasteiger charge is -2.17. The predicted molar refractivity (Wildman–Crippen MR) is 145 cm³/mol. The van der Waals surface area contributed by atoms with E-state index in [0.29, 0.717) is 40.3 Å². The molecule has 2 aromatic carbocycles. The van der Waals surface area contributed by atoms with Crippen molar-refractivity contribution >= 4 is 40.2 Å². The summed E-state index contributed by atoms with van der Waals surface area (Å²) in [6, 6.07) is 14.2. The zero-order chi connectivity index (χ0) is 28.7. The lowest BCUT2D eigenvalue weighted by Crippen LogP contribution is -2.23. The van der Waals surface area contributed by atoms with Gasteiger partial charge in [-0.25, -0.2) is 18.9 Å². The van der Waals surface area contributed by atoms with Crippen molar-refractivity contribution in [2.24, 2.45) is 5.92 Å². The second kappa shape index (κ2) is 10.4. The van der Waals surface area contributed by atoms with Gasteiger partial charge in [0.15, 0.2) is 0 Å². The van der Waals surface area contributed by atoms with E-state index in [4.69, 9.17) is 16.3 Å². The van der Waals surface area contributed by atoms with Crippen LogP contribution in [0.15, 0.2) is 73.1 Å². The van der Waals surface area contributed by atoms with Crippen LogP contribution < -0.4 is 15.4 Å². The van der Waals surface area contributed by atoms with Gasteiger partial charge in [-0.05, 0) is 49.1 Å². The molecule has 0 radical (unpaired) electrons. The molecule has 3 heterocycles. The number of carbonyl (C=O) groups excluding carboxylic acids is 1. The van der Waals surface area contributed by atoms with Crippen molar-refractivity contribution in [1.82, 2.24) is 19.7 Å². The van der Waals surface area contributed by atoms with Crippen molar-refractivity contribution in [3.8, 4) is 17.2 Å². The standard InChI is InChI=1S/C28H21ClF4N6O2/c29-18-14-35-26-24(18)22(10-11-34-26)41-17-8-9-20(19(30)12-17)36-27(40)37-23-13-21(25(15-6-7-15)28(31,32)33)38-39(23)16-4-2-1-3-5-16/h1-5,8-15,25H,6-7H2,(H,34,35)(H2,36,37,40). The summed E-state index contributed by atoms with van der Waals surface area (Å²) in [5.74, 6) is -2.60. The molecule has 3 aromatic heterocycles. The second-order valence-electron chi connectivity index (χ2n) is 9.55. The van der Waals surface area contributed by atoms with Crippen molar-refractivity contribution in [2.75, 3.05) is 10.6 Å². The lowest BCUT2D eigenvalue weighted by molar-refractivity contribution is -0.156. The number of aromatic amines is 1. The molecule has 1 fully saturated rings. The number of rotatable bonds is 7. The highest BCUT2D eigenvalue weighted by atomic mass is 35.5. The van der Waals surface area contributed by atoms with Gasteiger partial charge in [0.25, 0.3) is 0 Å². The summed E-state index contributed by atoms with van der Waals surface area (Å²) in [7, 11) is 0. The molecule has 1 aliphatic carbocycles. The maximum absolute atomic E-state index is 15.0. The van der Waals surface area contributed by atoms with E-state index in [2.05, 4.69) is 25.7 Å². The number of alkyl halides is 3. The molecule has 210 valence electrons. The monoisotopic (exact) mass is 584 g/mol. The van der Waals surface area contributed by atoms with E-state index in [9.17, 15) is 22.4 Å². The Balaban J connectivity index is 1.22. The van der Waals surface area contributed by atoms with Crippen LogP contribution in [0.4, 0.5) is 33.9 Å². The first kappa shape index (κ1) is 26.6. The average molecular weight is 585 g/mol. The molecule has 41 heavy (non-hydrogen) atoms. The van der Waals surface area contributed by atoms with Crippen LogP contribution in [0, 0.1) is 11.7 Å². The summed E-state index contributed by atoms with van der Waals surface area (Å²) in [6.07, 6.45) is -0.518. The first-order valence-electron chi connectivity index (χ1n) is 12.6. The van der Waals surface area contributed by atoms with Crippen LogP contribution in [0.2, 0.25) is 5.02 Å². The van der Waals surface area contributed by atoms with Crippen molar-refractivity contribution < 1.29 is 27.1 Å². The fraction of sp³-hybridized carbons (Fsp3) is 0.179. The highest BCUT2D eigenvalue weighted by molar-refractivity contribution is 6.36. The number of halogens is 5. The predicted octanol–water partition coefficient (Wildman–Crippen LogP) is 8.03. The molecule has 0 bridgehead atoms. The maximum Gasteiger partial charge on any atom is 0.397 e. The lowest BCUT2D eigenvalue weighted by atomic mass is 9.99. The van der Waals surface area contributed by atoms with Gasteiger partial charge in [0, 0.05) is 24.5 Å². The topological polar surface area (TPSA) is 96.9 Å². The number of hydrogen-bond donors (Lipinski definition) is 3. The smallest absolute Gasteiger partial charge is 0.397 e. The molecule has 1 aliphatic rings. The Morgan fingerprint density at radius 2 is 1.88 bits per heavy atom. The van der Waals surface area contributed by atoms with Crippen LogP contribution in [0.3, 0.4) is 0 Å². The van der Waals surface area contributed by atoms with Gasteiger partial charge in [0.2, 0.25) is 0 Å². The van der Waals surface area contributed by atoms with Crippen molar-refractivity contribution in [2.45, 2.75) is 24.9 Å². The number of anilines is 2. The number of aromatic nitrogens is 4. The molecular formula is C28H21ClF4N6O2. The summed E-state index contributed by atoms with van der Waals surface area (Å²) in [6.45, 7) is 0. The molecule has 3 N–H and O–H groups in total. The second-order valence-corrected chi connectivity index (χ2v) is 9.96. The number of para-hydroxylation sites is 1. The van der Waals surface area contributed by atoms with E-state index in [1.807, 2.05) is 0 Å². The molecule has 6 rings (SSSR count). The minimum atomic E-state index is -4.49. The molecular weight excluding hydrogens is 564 g/mol. The van der Waals surface area contributed by atoms with Gasteiger partial charge >= 0.3 is 12.2 Å². The summed E-state index contributed by atoms with van der Waals surface area (Å²) < 4.78 is 63.6. The highest BCUT2D eigenvalue weighted by Gasteiger charge is 2.51. The molecule has 0 saturated heterocycles. The Bertz CT molecular complexity index is 1730. The van der Waals surface area contributed by atoms with Gasteiger partial charge < -0.3 is 15.0 Å². The van der Waals surface area contributed by atoms with E-state index >= 15 is 0 Å². The number of fused-ring (bicyclic) bond motifs is 1. The number of amides is 2. The Morgan fingerprint density at radius 3 is 2.59 bits per heavy atom. The van der Waals surface area contributed by atoms with Crippen LogP contribution in [0.5, 0.6) is 11.5 Å². The average Bonchev–Trinajstić information content (AvgIpc) is 3.55. The Hall–Kier alpha value is -4.58. The number of urea groups is 1. The zero-order valence-electron chi connectivity index (χ0n) is 21.0. The first-order chi connectivity index (χ1) is 19.7. The molecule has 1 unspecified atom stereocenters. The molecule has 2 amide bonds. The summed E-state index contributed by atoms with van der Waals surface area (Å²) >= 11 is 6.19. The molecule has 1 atom stereocenters. The van der Waals surface area contributed by atoms with Gasteiger partial charge in [-0.1, -0.05) is 29.8 Å². The highest BCUT2D eigenvalue weighted by Crippen LogP contribution is 2.51. The van der Waals surface area contributed by atoms with E-state index in [-0.39, 0.29) is 22.9 Å². The molecule has 0 spiro atoms. The number of H-pyrrole nitrogens is 1. The summed E-state index contributed by atoms with van der Waals surface area (Å²) in [5, 5.41) is 10.0. The molecule has 1 saturated carbocycles. The number of pyridine rings is 1. The third-order valence-corrected chi connectivity index (χ3v) is 6.94. The molecule has 8 nitrogen and oxygen atoms in total. The minimum absolute atomic E-state index is 0.00375. The van der Waals surface area contributed by atoms with Crippen LogP contribution in [0.1, 0.15) is 24.5 Å². The van der Waals surface area contributed by atoms with E-state index in [1.54, 1.807) is 42.6 Å². The number of benzene rings is 2. The van der Waals surface area contributed by atoms with Gasteiger partial charge in [-0.3, -0.25) is 5.32 Å². The van der Waals surface area contributed by atoms with E-state index in [1.165, 1.54) is 29.1 Å². The number of hydrogen-bond acceptors (Lipinski definition) is 4. The first-order valence-corrected chi connectivity index (χ1v) is 12.9. The molecule has 13 heteroatoms. The van der Waals surface area contributed by atoms with Gasteiger partial charge in [-0.2, -0.15) is 18.3 Å². The van der Waals surface area contributed by atoms with Crippen LogP contribution in [-0.4, -0.2) is 32.0 Å². The quantitative estimate of drug-likeness (QED) is 0.169. The van der Waals surface area contributed by atoms with E-state index in [0.717, 1.165) is 6.07 Å². The SMILES string of the molecule is O=C(Nc1ccc(Oc2ccnc3[nH]cc(Cl)c23)cc1F)Nc1cc(C(C2CC2)C(F)(F)F)nn1-c1ccccc1. The Morgan fingerprint density at radius 1 is 1.10 bits per heavy atom. The van der Waals surface area contributed by atoms with Gasteiger partial charge in [0.1, 0.15) is 34.7 Å². The van der Waals surface area contributed by atoms with Crippen LogP contribution >= 0.6 is 11.6 Å². The van der Waals surface area contributed by atoms with Crippen LogP contribution in [-0.2, 0) is 0 Å². The van der Waals surface area contributed by atoms with Crippen molar-refractivity contribution in [3.05, 3.63) is 89.6 Å². The van der Waals surface area contributed by atoms with Crippen molar-refractivity contribution in [3.63, 3.8) is 0 Å². The minimum Gasteiger partial charge on any atom is -0.456 e. The fourth-order valence-electron chi connectivity index (χ4n) is 4.64. The number of carbonyl (C=O) groups is 1. The maximum atomic E-state index is 15.0. The number of nitrogens with one attached hydrogen (secondary N) is 3.